The number of unbranched alkanes of at least 4 members (excludes halogenated alkanes) is 1. The maximum Gasteiger partial charge on any atom is 0.0798 e. The molecule has 0 heterocycles. The highest BCUT2D eigenvalue weighted by atomic mass is 16.5. The van der Waals surface area contributed by atoms with Crippen molar-refractivity contribution in [2.75, 3.05) is 33.5 Å². The first-order valence-corrected chi connectivity index (χ1v) is 7.48. The van der Waals surface area contributed by atoms with E-state index in [-0.39, 0.29) is 12.2 Å². The number of hydrogen-bond donors (Lipinski definition) is 2. The van der Waals surface area contributed by atoms with E-state index in [2.05, 4.69) is 6.92 Å². The van der Waals surface area contributed by atoms with Crippen LogP contribution in [-0.2, 0) is 14.2 Å². The van der Waals surface area contributed by atoms with Crippen molar-refractivity contribution in [2.24, 2.45) is 0 Å². The minimum atomic E-state index is -0.659. The summed E-state index contributed by atoms with van der Waals surface area (Å²) < 4.78 is 15.9. The lowest BCUT2D eigenvalue weighted by atomic mass is 9.97. The highest BCUT2D eigenvalue weighted by Crippen LogP contribution is 2.18. The molecule has 0 amide bonds. The van der Waals surface area contributed by atoms with Crippen LogP contribution in [0.2, 0.25) is 0 Å². The van der Waals surface area contributed by atoms with Crippen LogP contribution in [0.15, 0.2) is 0 Å². The minimum absolute atomic E-state index is 0.224. The summed E-state index contributed by atoms with van der Waals surface area (Å²) in [4.78, 5) is 0. The van der Waals surface area contributed by atoms with Crippen LogP contribution in [0.25, 0.3) is 0 Å². The molecule has 0 aliphatic heterocycles. The van der Waals surface area contributed by atoms with E-state index < -0.39 is 12.2 Å². The monoisotopic (exact) mass is 292 g/mol. The van der Waals surface area contributed by atoms with E-state index in [9.17, 15) is 10.2 Å². The number of hydrogen-bond acceptors (Lipinski definition) is 5. The van der Waals surface area contributed by atoms with Gasteiger partial charge in [-0.1, -0.05) is 13.3 Å². The number of rotatable bonds is 13. The van der Waals surface area contributed by atoms with E-state index in [4.69, 9.17) is 14.2 Å². The average molecular weight is 292 g/mol. The third-order valence-electron chi connectivity index (χ3n) is 3.15. The second-order valence-electron chi connectivity index (χ2n) is 5.75. The van der Waals surface area contributed by atoms with Gasteiger partial charge in [0.15, 0.2) is 0 Å². The fourth-order valence-electron chi connectivity index (χ4n) is 1.80. The van der Waals surface area contributed by atoms with Crippen molar-refractivity contribution >= 4 is 0 Å². The Morgan fingerprint density at radius 2 is 1.65 bits per heavy atom. The van der Waals surface area contributed by atoms with Gasteiger partial charge in [-0.3, -0.25) is 0 Å². The second-order valence-corrected chi connectivity index (χ2v) is 5.75. The molecule has 2 unspecified atom stereocenters. The molecule has 5 heteroatoms. The Bertz CT molecular complexity index is 220. The summed E-state index contributed by atoms with van der Waals surface area (Å²) in [5, 5.41) is 19.6. The van der Waals surface area contributed by atoms with Gasteiger partial charge in [0, 0.05) is 26.6 Å². The Balaban J connectivity index is 3.55. The van der Waals surface area contributed by atoms with Crippen molar-refractivity contribution in [2.45, 2.75) is 64.3 Å². The van der Waals surface area contributed by atoms with Crippen LogP contribution in [0.4, 0.5) is 0 Å². The standard InChI is InChI=1S/C15H32O5/c1-5-6-7-19-8-9-20-12-14(17)10-13(16)11-15(2,3)18-4/h13-14,16-17H,5-12H2,1-4H3. The lowest BCUT2D eigenvalue weighted by Gasteiger charge is -2.26. The first-order valence-electron chi connectivity index (χ1n) is 7.48. The van der Waals surface area contributed by atoms with Crippen molar-refractivity contribution in [3.63, 3.8) is 0 Å². The van der Waals surface area contributed by atoms with Gasteiger partial charge in [-0.2, -0.15) is 0 Å². The zero-order valence-electron chi connectivity index (χ0n) is 13.4. The third-order valence-corrected chi connectivity index (χ3v) is 3.15. The first-order chi connectivity index (χ1) is 9.41. The maximum absolute atomic E-state index is 9.87. The predicted octanol–water partition coefficient (Wildman–Crippen LogP) is 1.75. The molecule has 2 N–H and O–H groups in total. The van der Waals surface area contributed by atoms with Crippen LogP contribution >= 0.6 is 0 Å². The zero-order valence-corrected chi connectivity index (χ0v) is 13.4. The molecule has 0 radical (unpaired) electrons. The summed E-state index contributed by atoms with van der Waals surface area (Å²) in [6.07, 6.45) is 1.71. The van der Waals surface area contributed by atoms with E-state index in [1.165, 1.54) is 0 Å². The molecule has 2 atom stereocenters. The maximum atomic E-state index is 9.87. The molecule has 0 bridgehead atoms. The average Bonchev–Trinajstić information content (AvgIpc) is 2.37. The lowest BCUT2D eigenvalue weighted by Crippen LogP contribution is -2.32. The largest absolute Gasteiger partial charge is 0.393 e. The van der Waals surface area contributed by atoms with Crippen LogP contribution in [0, 0.1) is 0 Å². The van der Waals surface area contributed by atoms with Crippen LogP contribution < -0.4 is 0 Å². The molecular weight excluding hydrogens is 260 g/mol. The fourth-order valence-corrected chi connectivity index (χ4v) is 1.80. The van der Waals surface area contributed by atoms with E-state index in [1.807, 2.05) is 13.8 Å². The number of ether oxygens (including phenoxy) is 3. The predicted molar refractivity (Wildman–Crippen MR) is 78.9 cm³/mol. The van der Waals surface area contributed by atoms with Gasteiger partial charge in [0.2, 0.25) is 0 Å². The molecule has 0 aromatic heterocycles. The fraction of sp³-hybridized carbons (Fsp3) is 1.00. The SMILES string of the molecule is CCCCOCCOCC(O)CC(O)CC(C)(C)OC. The van der Waals surface area contributed by atoms with E-state index >= 15 is 0 Å². The first kappa shape index (κ1) is 19.8. The normalized spacial score (nSPS) is 15.3. The third kappa shape index (κ3) is 11.6. The Morgan fingerprint density at radius 3 is 2.25 bits per heavy atom. The van der Waals surface area contributed by atoms with Crippen LogP contribution in [0.3, 0.4) is 0 Å². The van der Waals surface area contributed by atoms with Gasteiger partial charge in [-0.25, -0.2) is 0 Å². The van der Waals surface area contributed by atoms with Gasteiger partial charge in [-0.15, -0.1) is 0 Å². The molecule has 0 saturated carbocycles. The Morgan fingerprint density at radius 1 is 1.00 bits per heavy atom. The highest BCUT2D eigenvalue weighted by Gasteiger charge is 2.23. The molecule has 20 heavy (non-hydrogen) atoms. The number of aliphatic hydroxyl groups is 2. The molecule has 0 fully saturated rings. The van der Waals surface area contributed by atoms with Crippen molar-refractivity contribution < 1.29 is 24.4 Å². The quantitative estimate of drug-likeness (QED) is 0.506. The highest BCUT2D eigenvalue weighted by molar-refractivity contribution is 4.75. The summed E-state index contributed by atoms with van der Waals surface area (Å²) in [6, 6.07) is 0. The van der Waals surface area contributed by atoms with Crippen molar-refractivity contribution in [1.29, 1.82) is 0 Å². The van der Waals surface area contributed by atoms with E-state index in [1.54, 1.807) is 7.11 Å². The molecule has 0 saturated heterocycles. The van der Waals surface area contributed by atoms with Crippen molar-refractivity contribution in [1.82, 2.24) is 0 Å². The molecule has 122 valence electrons. The van der Waals surface area contributed by atoms with Crippen LogP contribution in [0.5, 0.6) is 0 Å². The molecule has 5 nitrogen and oxygen atoms in total. The molecule has 0 aliphatic rings. The Hall–Kier alpha value is -0.200. The summed E-state index contributed by atoms with van der Waals surface area (Å²) in [6.45, 7) is 7.94. The molecule has 0 spiro atoms. The van der Waals surface area contributed by atoms with Crippen LogP contribution in [0.1, 0.15) is 46.5 Å². The molecule has 0 aromatic carbocycles. The molecule has 0 aliphatic carbocycles. The van der Waals surface area contributed by atoms with E-state index in [0.717, 1.165) is 19.4 Å². The summed E-state index contributed by atoms with van der Waals surface area (Å²) in [5.74, 6) is 0. The molecular formula is C15H32O5. The van der Waals surface area contributed by atoms with E-state index in [0.29, 0.717) is 26.1 Å². The Kier molecular flexibility index (Phi) is 11.3. The summed E-state index contributed by atoms with van der Waals surface area (Å²) >= 11 is 0. The van der Waals surface area contributed by atoms with Gasteiger partial charge in [0.25, 0.3) is 0 Å². The van der Waals surface area contributed by atoms with Gasteiger partial charge in [-0.05, 0) is 20.3 Å². The number of methoxy groups -OCH3 is 1. The van der Waals surface area contributed by atoms with Crippen molar-refractivity contribution in [3.05, 3.63) is 0 Å². The minimum Gasteiger partial charge on any atom is -0.393 e. The summed E-state index contributed by atoms with van der Waals surface area (Å²) in [5.41, 5.74) is -0.382. The van der Waals surface area contributed by atoms with Crippen LogP contribution in [-0.4, -0.2) is 61.6 Å². The lowest BCUT2D eigenvalue weighted by molar-refractivity contribution is -0.0452. The Labute approximate surface area is 123 Å². The topological polar surface area (TPSA) is 68.2 Å². The smallest absolute Gasteiger partial charge is 0.0798 e. The summed E-state index contributed by atoms with van der Waals surface area (Å²) in [7, 11) is 1.62. The van der Waals surface area contributed by atoms with Gasteiger partial charge >= 0.3 is 0 Å². The van der Waals surface area contributed by atoms with Gasteiger partial charge in [0.05, 0.1) is 37.6 Å². The zero-order chi connectivity index (χ0) is 15.4. The van der Waals surface area contributed by atoms with Gasteiger partial charge < -0.3 is 24.4 Å². The number of aliphatic hydroxyl groups excluding tert-OH is 2. The van der Waals surface area contributed by atoms with Crippen molar-refractivity contribution in [3.8, 4) is 0 Å². The molecule has 0 aromatic rings. The van der Waals surface area contributed by atoms with Gasteiger partial charge in [0.1, 0.15) is 0 Å². The second kappa shape index (κ2) is 11.5. The molecule has 0 rings (SSSR count).